The number of fused-ring (bicyclic) bond motifs is 1. The van der Waals surface area contributed by atoms with Crippen molar-refractivity contribution in [3.8, 4) is 23.0 Å². The summed E-state index contributed by atoms with van der Waals surface area (Å²) in [7, 11) is 3.07. The van der Waals surface area contributed by atoms with Crippen molar-refractivity contribution in [1.82, 2.24) is 14.3 Å². The van der Waals surface area contributed by atoms with E-state index in [0.717, 1.165) is 22.5 Å². The minimum absolute atomic E-state index is 0.217. The first-order chi connectivity index (χ1) is 13.7. The Morgan fingerprint density at radius 3 is 2.54 bits per heavy atom. The lowest BCUT2D eigenvalue weighted by atomic mass is 10.0. The number of nitrogens with zero attached hydrogens (tertiary/aromatic N) is 3. The van der Waals surface area contributed by atoms with Gasteiger partial charge in [0.25, 0.3) is 5.91 Å². The number of hydrogen-bond acceptors (Lipinski definition) is 7. The van der Waals surface area contributed by atoms with Crippen molar-refractivity contribution in [2.45, 2.75) is 0 Å². The molecule has 7 nitrogen and oxygen atoms in total. The smallest absolute Gasteiger partial charge is 0.329 e. The van der Waals surface area contributed by atoms with Crippen LogP contribution in [0.15, 0.2) is 54.6 Å². The number of carbonyl (C=O) groups is 1. The lowest BCUT2D eigenvalue weighted by molar-refractivity contribution is 0.102. The number of anilines is 1. The summed E-state index contributed by atoms with van der Waals surface area (Å²) in [6.45, 7) is 0. The Balaban J connectivity index is 1.81. The first kappa shape index (κ1) is 17.9. The molecule has 0 radical (unpaired) electrons. The van der Waals surface area contributed by atoms with Crippen LogP contribution in [-0.4, -0.2) is 34.5 Å². The first-order valence-corrected chi connectivity index (χ1v) is 9.18. The van der Waals surface area contributed by atoms with Gasteiger partial charge in [0.15, 0.2) is 0 Å². The van der Waals surface area contributed by atoms with Crippen LogP contribution in [0, 0.1) is 0 Å². The van der Waals surface area contributed by atoms with Crippen molar-refractivity contribution in [3.05, 3.63) is 60.2 Å². The van der Waals surface area contributed by atoms with Crippen LogP contribution in [0.1, 0.15) is 10.4 Å². The minimum atomic E-state index is -0.298. The van der Waals surface area contributed by atoms with Gasteiger partial charge < -0.3 is 9.47 Å². The van der Waals surface area contributed by atoms with Crippen molar-refractivity contribution >= 4 is 33.5 Å². The van der Waals surface area contributed by atoms with Gasteiger partial charge in [0.1, 0.15) is 5.75 Å². The average Bonchev–Trinajstić information content (AvgIpc) is 3.20. The largest absolute Gasteiger partial charge is 0.497 e. The topological polar surface area (TPSA) is 86.2 Å². The van der Waals surface area contributed by atoms with Crippen molar-refractivity contribution < 1.29 is 14.3 Å². The molecule has 28 heavy (non-hydrogen) atoms. The number of benzene rings is 2. The third-order valence-corrected chi connectivity index (χ3v) is 4.76. The molecular weight excluding hydrogens is 376 g/mol. The van der Waals surface area contributed by atoms with Crippen LogP contribution in [0.2, 0.25) is 0 Å². The predicted molar refractivity (Wildman–Crippen MR) is 108 cm³/mol. The number of rotatable bonds is 5. The maximum absolute atomic E-state index is 13.0. The van der Waals surface area contributed by atoms with Gasteiger partial charge in [0, 0.05) is 28.5 Å². The predicted octanol–water partition coefficient (Wildman–Crippen LogP) is 4.02. The SMILES string of the molecule is COc1ccc2c(C(=O)Nc3nc(OC)ns3)cc(-c3ccccc3)nc2c1. The van der Waals surface area contributed by atoms with Crippen LogP contribution >= 0.6 is 11.5 Å². The zero-order chi connectivity index (χ0) is 19.5. The summed E-state index contributed by atoms with van der Waals surface area (Å²) in [6, 6.07) is 17.1. The van der Waals surface area contributed by atoms with Gasteiger partial charge in [-0.1, -0.05) is 30.3 Å². The molecule has 8 heteroatoms. The molecule has 0 unspecified atom stereocenters. The second kappa shape index (κ2) is 7.61. The Kier molecular flexibility index (Phi) is 4.86. The van der Waals surface area contributed by atoms with Crippen molar-refractivity contribution in [2.75, 3.05) is 19.5 Å². The highest BCUT2D eigenvalue weighted by atomic mass is 32.1. The molecule has 0 atom stereocenters. The lowest BCUT2D eigenvalue weighted by Gasteiger charge is -2.10. The van der Waals surface area contributed by atoms with E-state index in [9.17, 15) is 4.79 Å². The number of methoxy groups -OCH3 is 2. The fourth-order valence-corrected chi connectivity index (χ4v) is 3.33. The van der Waals surface area contributed by atoms with Crippen molar-refractivity contribution in [2.24, 2.45) is 0 Å². The summed E-state index contributed by atoms with van der Waals surface area (Å²) in [5.74, 6) is 0.374. The van der Waals surface area contributed by atoms with E-state index in [1.165, 1.54) is 7.11 Å². The van der Waals surface area contributed by atoms with Crippen LogP contribution < -0.4 is 14.8 Å². The van der Waals surface area contributed by atoms with Gasteiger partial charge in [-0.3, -0.25) is 10.1 Å². The number of nitrogens with one attached hydrogen (secondary N) is 1. The number of pyridine rings is 1. The maximum atomic E-state index is 13.0. The molecule has 1 N–H and O–H groups in total. The van der Waals surface area contributed by atoms with E-state index in [1.807, 2.05) is 42.5 Å². The summed E-state index contributed by atoms with van der Waals surface area (Å²) in [6.07, 6.45) is 0. The Bertz CT molecular complexity index is 1140. The van der Waals surface area contributed by atoms with Crippen LogP contribution in [0.5, 0.6) is 11.8 Å². The number of ether oxygens (including phenoxy) is 2. The molecule has 0 fully saturated rings. The molecule has 0 saturated carbocycles. The van der Waals surface area contributed by atoms with E-state index < -0.39 is 0 Å². The summed E-state index contributed by atoms with van der Waals surface area (Å²) in [4.78, 5) is 21.8. The molecule has 0 aliphatic rings. The molecule has 140 valence electrons. The van der Waals surface area contributed by atoms with E-state index in [4.69, 9.17) is 14.5 Å². The second-order valence-corrected chi connectivity index (χ2v) is 6.60. The molecule has 4 rings (SSSR count). The van der Waals surface area contributed by atoms with Crippen LogP contribution in [0.3, 0.4) is 0 Å². The lowest BCUT2D eigenvalue weighted by Crippen LogP contribution is -2.13. The van der Waals surface area contributed by atoms with Crippen LogP contribution in [0.25, 0.3) is 22.2 Å². The minimum Gasteiger partial charge on any atom is -0.497 e. The molecule has 4 aromatic rings. The van der Waals surface area contributed by atoms with E-state index in [-0.39, 0.29) is 11.9 Å². The van der Waals surface area contributed by atoms with Crippen LogP contribution in [0.4, 0.5) is 5.13 Å². The van der Waals surface area contributed by atoms with Gasteiger partial charge in [-0.2, -0.15) is 4.98 Å². The van der Waals surface area contributed by atoms with Gasteiger partial charge in [-0.05, 0) is 18.2 Å². The number of amides is 1. The molecule has 2 aromatic heterocycles. The summed E-state index contributed by atoms with van der Waals surface area (Å²) in [5, 5.41) is 3.86. The van der Waals surface area contributed by atoms with E-state index in [1.54, 1.807) is 19.2 Å². The summed E-state index contributed by atoms with van der Waals surface area (Å²) in [5.41, 5.74) is 2.77. The normalized spacial score (nSPS) is 10.6. The van der Waals surface area contributed by atoms with Gasteiger partial charge in [0.05, 0.1) is 31.0 Å². The number of aromatic nitrogens is 3. The molecular formula is C20H16N4O3S. The van der Waals surface area contributed by atoms with Crippen molar-refractivity contribution in [3.63, 3.8) is 0 Å². The van der Waals surface area contributed by atoms with Gasteiger partial charge in [-0.15, -0.1) is 4.37 Å². The standard InChI is InChI=1S/C20H16N4O3S/c1-26-13-8-9-14-15(18(25)22-20-23-19(27-2)24-28-20)11-16(21-17(14)10-13)12-6-4-3-5-7-12/h3-11H,1-2H3,(H,22,23,24,25). The number of carbonyl (C=O) groups excluding carboxylic acids is 1. The number of hydrogen-bond donors (Lipinski definition) is 1. The zero-order valence-electron chi connectivity index (χ0n) is 15.2. The third kappa shape index (κ3) is 3.49. The van der Waals surface area contributed by atoms with Gasteiger partial charge >= 0.3 is 6.01 Å². The Morgan fingerprint density at radius 2 is 1.82 bits per heavy atom. The molecule has 2 aromatic carbocycles. The van der Waals surface area contributed by atoms with E-state index in [0.29, 0.717) is 27.7 Å². The Hall–Kier alpha value is -3.52. The van der Waals surface area contributed by atoms with Gasteiger partial charge in [0.2, 0.25) is 5.13 Å². The Labute approximate surface area is 165 Å². The highest BCUT2D eigenvalue weighted by Crippen LogP contribution is 2.28. The highest BCUT2D eigenvalue weighted by Gasteiger charge is 2.16. The monoisotopic (exact) mass is 392 g/mol. The molecule has 0 aliphatic carbocycles. The second-order valence-electron chi connectivity index (χ2n) is 5.84. The molecule has 0 spiro atoms. The molecule has 0 aliphatic heterocycles. The van der Waals surface area contributed by atoms with E-state index in [2.05, 4.69) is 14.7 Å². The van der Waals surface area contributed by atoms with Gasteiger partial charge in [-0.25, -0.2) is 4.98 Å². The first-order valence-electron chi connectivity index (χ1n) is 8.41. The maximum Gasteiger partial charge on any atom is 0.329 e. The zero-order valence-corrected chi connectivity index (χ0v) is 16.0. The fraction of sp³-hybridized carbons (Fsp3) is 0.100. The van der Waals surface area contributed by atoms with Crippen LogP contribution in [-0.2, 0) is 0 Å². The average molecular weight is 392 g/mol. The van der Waals surface area contributed by atoms with E-state index >= 15 is 0 Å². The third-order valence-electron chi connectivity index (χ3n) is 4.14. The fourth-order valence-electron chi connectivity index (χ4n) is 2.79. The quantitative estimate of drug-likeness (QED) is 0.552. The molecule has 0 saturated heterocycles. The molecule has 0 bridgehead atoms. The molecule has 2 heterocycles. The summed E-state index contributed by atoms with van der Waals surface area (Å²) >= 11 is 1.06. The highest BCUT2D eigenvalue weighted by molar-refractivity contribution is 7.10. The molecule has 1 amide bonds. The Morgan fingerprint density at radius 1 is 1.00 bits per heavy atom. The summed E-state index contributed by atoms with van der Waals surface area (Å²) < 4.78 is 14.3. The van der Waals surface area contributed by atoms with Crippen molar-refractivity contribution in [1.29, 1.82) is 0 Å².